The molecule has 0 saturated carbocycles. The summed E-state index contributed by atoms with van der Waals surface area (Å²) in [5.74, 6) is 7.85. The number of benzene rings is 2. The van der Waals surface area contributed by atoms with Crippen LogP contribution in [-0.4, -0.2) is 24.3 Å². The summed E-state index contributed by atoms with van der Waals surface area (Å²) in [5, 5.41) is 0.896. The number of nitrogens with two attached hydrogens (primary N) is 1. The van der Waals surface area contributed by atoms with E-state index in [9.17, 15) is 4.79 Å². The van der Waals surface area contributed by atoms with Gasteiger partial charge in [-0.15, -0.1) is 6.42 Å². The second-order valence-electron chi connectivity index (χ2n) is 5.14. The number of carbonyl (C=O) groups excluding carboxylic acids is 1. The highest BCUT2D eigenvalue weighted by molar-refractivity contribution is 5.79. The molecule has 0 atom stereocenters. The molecule has 1 aliphatic carbocycles. The molecule has 2 aromatic rings. The van der Waals surface area contributed by atoms with Crippen LogP contribution in [0.25, 0.3) is 11.1 Å². The van der Waals surface area contributed by atoms with Gasteiger partial charge in [-0.1, -0.05) is 54.5 Å². The minimum Gasteiger partial charge on any atom is -0.447 e. The lowest BCUT2D eigenvalue weighted by molar-refractivity contribution is 0.104. The van der Waals surface area contributed by atoms with Gasteiger partial charge in [-0.05, 0) is 22.3 Å². The Bertz CT molecular complexity index is 703. The van der Waals surface area contributed by atoms with Gasteiger partial charge in [0.05, 0.1) is 0 Å². The summed E-state index contributed by atoms with van der Waals surface area (Å²) < 4.78 is 5.32. The van der Waals surface area contributed by atoms with Crippen molar-refractivity contribution in [1.82, 2.24) is 5.01 Å². The summed E-state index contributed by atoms with van der Waals surface area (Å²) in [6.45, 7) is 0.266. The first kappa shape index (κ1) is 14.2. The molecule has 0 saturated heterocycles. The Balaban J connectivity index is 1.83. The minimum atomic E-state index is -0.611. The van der Waals surface area contributed by atoms with Gasteiger partial charge >= 0.3 is 6.09 Å². The van der Waals surface area contributed by atoms with Crippen LogP contribution in [-0.2, 0) is 4.74 Å². The molecule has 1 amide bonds. The number of rotatable bonds is 3. The second kappa shape index (κ2) is 5.92. The molecule has 0 spiro atoms. The van der Waals surface area contributed by atoms with E-state index in [-0.39, 0.29) is 19.1 Å². The van der Waals surface area contributed by atoms with Gasteiger partial charge in [-0.3, -0.25) is 0 Å². The van der Waals surface area contributed by atoms with E-state index in [4.69, 9.17) is 17.0 Å². The smallest absolute Gasteiger partial charge is 0.425 e. The minimum absolute atomic E-state index is 0.0237. The molecular weight excluding hydrogens is 276 g/mol. The topological polar surface area (TPSA) is 55.6 Å². The predicted octanol–water partition coefficient (Wildman–Crippen LogP) is 2.74. The van der Waals surface area contributed by atoms with Gasteiger partial charge in [0.25, 0.3) is 0 Å². The summed E-state index contributed by atoms with van der Waals surface area (Å²) in [6.07, 6.45) is 4.52. The third kappa shape index (κ3) is 2.43. The monoisotopic (exact) mass is 292 g/mol. The normalized spacial score (nSPS) is 12.2. The molecule has 0 bridgehead atoms. The molecule has 22 heavy (non-hydrogen) atoms. The summed E-state index contributed by atoms with van der Waals surface area (Å²) in [6, 6.07) is 16.3. The van der Waals surface area contributed by atoms with Gasteiger partial charge < -0.3 is 4.74 Å². The largest absolute Gasteiger partial charge is 0.447 e. The Morgan fingerprint density at radius 3 is 2.23 bits per heavy atom. The Hall–Kier alpha value is -2.77. The summed E-state index contributed by atoms with van der Waals surface area (Å²) >= 11 is 0. The van der Waals surface area contributed by atoms with Crippen LogP contribution in [0.1, 0.15) is 17.0 Å². The number of amides is 1. The van der Waals surface area contributed by atoms with Gasteiger partial charge in [0.1, 0.15) is 13.2 Å². The Morgan fingerprint density at radius 1 is 1.14 bits per heavy atom. The SMILES string of the molecule is C#CCN(N)C(=O)OCC1c2ccccc2-c2ccccc21. The average Bonchev–Trinajstić information content (AvgIpc) is 2.87. The number of ether oxygens (including phenoxy) is 1. The zero-order valence-corrected chi connectivity index (χ0v) is 12.0. The van der Waals surface area contributed by atoms with E-state index in [1.165, 1.54) is 11.1 Å². The summed E-state index contributed by atoms with van der Waals surface area (Å²) in [7, 11) is 0. The van der Waals surface area contributed by atoms with Crippen molar-refractivity contribution in [1.29, 1.82) is 0 Å². The highest BCUT2D eigenvalue weighted by Crippen LogP contribution is 2.44. The van der Waals surface area contributed by atoms with Crippen molar-refractivity contribution < 1.29 is 9.53 Å². The first-order valence-corrected chi connectivity index (χ1v) is 7.03. The van der Waals surface area contributed by atoms with Crippen molar-refractivity contribution in [2.45, 2.75) is 5.92 Å². The van der Waals surface area contributed by atoms with E-state index in [1.807, 2.05) is 24.3 Å². The van der Waals surface area contributed by atoms with Crippen molar-refractivity contribution in [3.63, 3.8) is 0 Å². The molecule has 2 aromatic carbocycles. The van der Waals surface area contributed by atoms with Gasteiger partial charge in [0.15, 0.2) is 0 Å². The molecule has 0 aromatic heterocycles. The van der Waals surface area contributed by atoms with Crippen LogP contribution >= 0.6 is 0 Å². The first-order valence-electron chi connectivity index (χ1n) is 7.03. The fourth-order valence-corrected chi connectivity index (χ4v) is 2.84. The molecule has 0 fully saturated rings. The van der Waals surface area contributed by atoms with Crippen molar-refractivity contribution in [2.24, 2.45) is 5.84 Å². The van der Waals surface area contributed by atoms with Gasteiger partial charge in [-0.25, -0.2) is 15.6 Å². The zero-order valence-electron chi connectivity index (χ0n) is 12.0. The molecule has 0 radical (unpaired) electrons. The van der Waals surface area contributed by atoms with Crippen molar-refractivity contribution >= 4 is 6.09 Å². The molecule has 110 valence electrons. The van der Waals surface area contributed by atoms with Gasteiger partial charge in [0.2, 0.25) is 0 Å². The number of carbonyl (C=O) groups is 1. The summed E-state index contributed by atoms with van der Waals surface area (Å²) in [4.78, 5) is 11.8. The highest BCUT2D eigenvalue weighted by Gasteiger charge is 2.29. The number of nitrogens with zero attached hydrogens (tertiary/aromatic N) is 1. The van der Waals surface area contributed by atoms with Crippen LogP contribution in [0.15, 0.2) is 48.5 Å². The van der Waals surface area contributed by atoms with E-state index in [2.05, 4.69) is 30.2 Å². The van der Waals surface area contributed by atoms with Gasteiger partial charge in [0, 0.05) is 5.92 Å². The van der Waals surface area contributed by atoms with Crippen LogP contribution < -0.4 is 5.84 Å². The summed E-state index contributed by atoms with van der Waals surface area (Å²) in [5.41, 5.74) is 4.70. The fraction of sp³-hybridized carbons (Fsp3) is 0.167. The van der Waals surface area contributed by atoms with E-state index >= 15 is 0 Å². The average molecular weight is 292 g/mol. The van der Waals surface area contributed by atoms with Crippen LogP contribution in [0.3, 0.4) is 0 Å². The van der Waals surface area contributed by atoms with E-state index in [0.717, 1.165) is 16.1 Å². The maximum Gasteiger partial charge on any atom is 0.425 e. The number of hydrazine groups is 1. The molecular formula is C18H16N2O2. The third-order valence-electron chi connectivity index (χ3n) is 3.83. The van der Waals surface area contributed by atoms with Gasteiger partial charge in [-0.2, -0.15) is 0 Å². The maximum absolute atomic E-state index is 11.8. The van der Waals surface area contributed by atoms with Crippen LogP contribution in [0.5, 0.6) is 0 Å². The molecule has 4 nitrogen and oxygen atoms in total. The molecule has 0 aliphatic heterocycles. The number of fused-ring (bicyclic) bond motifs is 3. The van der Waals surface area contributed by atoms with E-state index < -0.39 is 6.09 Å². The molecule has 0 heterocycles. The van der Waals surface area contributed by atoms with Crippen molar-refractivity contribution in [3.05, 3.63) is 59.7 Å². The van der Waals surface area contributed by atoms with E-state index in [1.54, 1.807) is 0 Å². The van der Waals surface area contributed by atoms with E-state index in [0.29, 0.717) is 0 Å². The lowest BCUT2D eigenvalue weighted by Gasteiger charge is -2.17. The Labute approximate surface area is 129 Å². The van der Waals surface area contributed by atoms with Crippen LogP contribution in [0, 0.1) is 12.3 Å². The first-order chi connectivity index (χ1) is 10.7. The van der Waals surface area contributed by atoms with Crippen LogP contribution in [0.2, 0.25) is 0 Å². The third-order valence-corrected chi connectivity index (χ3v) is 3.83. The lowest BCUT2D eigenvalue weighted by atomic mass is 9.98. The second-order valence-corrected chi connectivity index (χ2v) is 5.14. The van der Waals surface area contributed by atoms with Crippen LogP contribution in [0.4, 0.5) is 4.79 Å². The lowest BCUT2D eigenvalue weighted by Crippen LogP contribution is -2.38. The standard InChI is InChI=1S/C18H16N2O2/c1-2-11-20(19)18(21)22-12-17-15-9-5-3-7-13(15)14-8-4-6-10-16(14)17/h1,3-10,17H,11-12,19H2. The maximum atomic E-state index is 11.8. The Morgan fingerprint density at radius 2 is 1.68 bits per heavy atom. The number of hydrogen-bond donors (Lipinski definition) is 1. The predicted molar refractivity (Wildman–Crippen MR) is 84.8 cm³/mol. The molecule has 1 aliphatic rings. The van der Waals surface area contributed by atoms with Crippen molar-refractivity contribution in [3.8, 4) is 23.5 Å². The fourth-order valence-electron chi connectivity index (χ4n) is 2.84. The molecule has 0 unspecified atom stereocenters. The quantitative estimate of drug-likeness (QED) is 0.409. The zero-order chi connectivity index (χ0) is 15.5. The molecule has 2 N–H and O–H groups in total. The molecule has 3 rings (SSSR count). The number of terminal acetylenes is 1. The van der Waals surface area contributed by atoms with Crippen molar-refractivity contribution in [2.75, 3.05) is 13.2 Å². The molecule has 4 heteroatoms. The highest BCUT2D eigenvalue weighted by atomic mass is 16.6. The number of hydrogen-bond acceptors (Lipinski definition) is 3. The Kier molecular flexibility index (Phi) is 3.82.